The highest BCUT2D eigenvalue weighted by Crippen LogP contribution is 2.10. The van der Waals surface area contributed by atoms with E-state index in [0.29, 0.717) is 6.04 Å². The fourth-order valence-electron chi connectivity index (χ4n) is 1.95. The van der Waals surface area contributed by atoms with Gasteiger partial charge in [-0.25, -0.2) is 0 Å². The number of nitrogens with zero attached hydrogens (tertiary/aromatic N) is 2. The molecular weight excluding hydrogens is 238 g/mol. The Hall–Kier alpha value is -1.68. The van der Waals surface area contributed by atoms with Crippen molar-refractivity contribution < 1.29 is 4.52 Å². The Morgan fingerprint density at radius 3 is 2.95 bits per heavy atom. The van der Waals surface area contributed by atoms with Gasteiger partial charge in [-0.1, -0.05) is 35.0 Å². The Morgan fingerprint density at radius 1 is 1.37 bits per heavy atom. The Labute approximate surface area is 114 Å². The molecule has 4 heteroatoms. The summed E-state index contributed by atoms with van der Waals surface area (Å²) in [5, 5.41) is 7.24. The van der Waals surface area contributed by atoms with E-state index in [1.807, 2.05) is 7.05 Å². The van der Waals surface area contributed by atoms with Gasteiger partial charge in [0.2, 0.25) is 5.89 Å². The molecule has 4 nitrogen and oxygen atoms in total. The van der Waals surface area contributed by atoms with Crippen molar-refractivity contribution in [3.05, 3.63) is 47.1 Å². The predicted octanol–water partition coefficient (Wildman–Crippen LogP) is 2.51. The van der Waals surface area contributed by atoms with Crippen molar-refractivity contribution in [3.63, 3.8) is 0 Å². The van der Waals surface area contributed by atoms with Crippen molar-refractivity contribution in [2.45, 2.75) is 39.2 Å². The number of nitrogens with one attached hydrogen (secondary N) is 1. The van der Waals surface area contributed by atoms with E-state index in [-0.39, 0.29) is 0 Å². The summed E-state index contributed by atoms with van der Waals surface area (Å²) in [6.07, 6.45) is 2.55. The van der Waals surface area contributed by atoms with Crippen molar-refractivity contribution in [1.29, 1.82) is 0 Å². The molecule has 19 heavy (non-hydrogen) atoms. The van der Waals surface area contributed by atoms with Crippen LogP contribution in [0.3, 0.4) is 0 Å². The van der Waals surface area contributed by atoms with Crippen LogP contribution < -0.4 is 5.32 Å². The van der Waals surface area contributed by atoms with E-state index >= 15 is 0 Å². The first-order valence-corrected chi connectivity index (χ1v) is 6.71. The maximum absolute atomic E-state index is 5.27. The summed E-state index contributed by atoms with van der Waals surface area (Å²) in [6.45, 7) is 4.23. The Balaban J connectivity index is 1.94. The van der Waals surface area contributed by atoms with Crippen LogP contribution in [0.5, 0.6) is 0 Å². The highest BCUT2D eigenvalue weighted by molar-refractivity contribution is 5.24. The summed E-state index contributed by atoms with van der Waals surface area (Å²) >= 11 is 0. The molecule has 1 aromatic carbocycles. The average Bonchev–Trinajstić information content (AvgIpc) is 2.83. The fraction of sp³-hybridized carbons (Fsp3) is 0.467. The van der Waals surface area contributed by atoms with Gasteiger partial charge < -0.3 is 9.84 Å². The van der Waals surface area contributed by atoms with Crippen LogP contribution in [0, 0.1) is 6.92 Å². The van der Waals surface area contributed by atoms with Crippen molar-refractivity contribution >= 4 is 0 Å². The average molecular weight is 259 g/mol. The number of hydrogen-bond acceptors (Lipinski definition) is 4. The topological polar surface area (TPSA) is 51.0 Å². The Morgan fingerprint density at radius 2 is 2.21 bits per heavy atom. The molecule has 0 bridgehead atoms. The maximum Gasteiger partial charge on any atom is 0.226 e. The molecule has 1 aromatic heterocycles. The summed E-state index contributed by atoms with van der Waals surface area (Å²) < 4.78 is 5.27. The third-order valence-electron chi connectivity index (χ3n) is 3.24. The molecule has 1 heterocycles. The molecular formula is C15H21N3O. The van der Waals surface area contributed by atoms with E-state index in [2.05, 4.69) is 53.6 Å². The molecule has 0 aliphatic rings. The maximum atomic E-state index is 5.27. The van der Waals surface area contributed by atoms with Crippen LogP contribution in [0.25, 0.3) is 0 Å². The first-order valence-electron chi connectivity index (χ1n) is 6.71. The van der Waals surface area contributed by atoms with Crippen LogP contribution in [0.2, 0.25) is 0 Å². The van der Waals surface area contributed by atoms with Gasteiger partial charge in [-0.2, -0.15) is 4.98 Å². The second kappa shape index (κ2) is 6.48. The molecule has 0 spiro atoms. The zero-order chi connectivity index (χ0) is 13.7. The fourth-order valence-corrected chi connectivity index (χ4v) is 1.95. The normalized spacial score (nSPS) is 12.6. The van der Waals surface area contributed by atoms with E-state index in [1.165, 1.54) is 11.1 Å². The number of aryl methyl sites for hydroxylation is 2. The Kier molecular flexibility index (Phi) is 4.68. The van der Waals surface area contributed by atoms with E-state index in [4.69, 9.17) is 4.52 Å². The first kappa shape index (κ1) is 13.7. The van der Waals surface area contributed by atoms with E-state index in [1.54, 1.807) is 0 Å². The molecule has 2 rings (SSSR count). The largest absolute Gasteiger partial charge is 0.339 e. The zero-order valence-corrected chi connectivity index (χ0v) is 11.8. The van der Waals surface area contributed by atoms with Gasteiger partial charge in [-0.3, -0.25) is 0 Å². The molecule has 0 saturated carbocycles. The van der Waals surface area contributed by atoms with Gasteiger partial charge in [-0.15, -0.1) is 0 Å². The lowest BCUT2D eigenvalue weighted by Crippen LogP contribution is -2.21. The molecule has 1 N–H and O–H groups in total. The smallest absolute Gasteiger partial charge is 0.226 e. The van der Waals surface area contributed by atoms with Crippen molar-refractivity contribution in [3.8, 4) is 0 Å². The Bertz CT molecular complexity index is 522. The molecule has 0 aliphatic heterocycles. The van der Waals surface area contributed by atoms with Gasteiger partial charge in [0, 0.05) is 18.9 Å². The summed E-state index contributed by atoms with van der Waals surface area (Å²) in [4.78, 5) is 4.44. The standard InChI is InChI=1S/C15H21N3O/c1-11-5-4-6-13(9-11)10-14-17-15(19-18-14)8-7-12(2)16-3/h4-6,9,12,16H,7-8,10H2,1-3H3. The third-order valence-corrected chi connectivity index (χ3v) is 3.24. The molecule has 2 aromatic rings. The van der Waals surface area contributed by atoms with Gasteiger partial charge in [0.1, 0.15) is 0 Å². The van der Waals surface area contributed by atoms with E-state index < -0.39 is 0 Å². The van der Waals surface area contributed by atoms with Crippen molar-refractivity contribution in [2.24, 2.45) is 0 Å². The zero-order valence-electron chi connectivity index (χ0n) is 11.8. The van der Waals surface area contributed by atoms with Gasteiger partial charge in [0.25, 0.3) is 0 Å². The van der Waals surface area contributed by atoms with Crippen LogP contribution in [0.1, 0.15) is 36.2 Å². The molecule has 0 saturated heterocycles. The molecule has 1 unspecified atom stereocenters. The second-order valence-electron chi connectivity index (χ2n) is 5.00. The number of benzene rings is 1. The minimum Gasteiger partial charge on any atom is -0.339 e. The SMILES string of the molecule is CNC(C)CCc1nc(Cc2cccc(C)c2)no1. The lowest BCUT2D eigenvalue weighted by atomic mass is 10.1. The molecule has 0 fully saturated rings. The summed E-state index contributed by atoms with van der Waals surface area (Å²) in [6, 6.07) is 8.85. The summed E-state index contributed by atoms with van der Waals surface area (Å²) in [5.41, 5.74) is 2.47. The first-order chi connectivity index (χ1) is 9.17. The van der Waals surface area contributed by atoms with Gasteiger partial charge in [0.15, 0.2) is 5.82 Å². The van der Waals surface area contributed by atoms with E-state index in [9.17, 15) is 0 Å². The van der Waals surface area contributed by atoms with E-state index in [0.717, 1.165) is 31.0 Å². The highest BCUT2D eigenvalue weighted by Gasteiger charge is 2.08. The molecule has 102 valence electrons. The monoisotopic (exact) mass is 259 g/mol. The van der Waals surface area contributed by atoms with Crippen LogP contribution in [0.4, 0.5) is 0 Å². The lowest BCUT2D eigenvalue weighted by Gasteiger charge is -2.06. The number of aromatic nitrogens is 2. The second-order valence-corrected chi connectivity index (χ2v) is 5.00. The molecule has 0 aliphatic carbocycles. The van der Waals surface area contributed by atoms with Crippen LogP contribution in [-0.2, 0) is 12.8 Å². The minimum atomic E-state index is 0.465. The number of rotatable bonds is 6. The van der Waals surface area contributed by atoms with Crippen molar-refractivity contribution in [1.82, 2.24) is 15.5 Å². The third kappa shape index (κ3) is 4.17. The molecule has 0 amide bonds. The highest BCUT2D eigenvalue weighted by atomic mass is 16.5. The summed E-state index contributed by atoms with van der Waals surface area (Å²) in [7, 11) is 1.96. The van der Waals surface area contributed by atoms with Gasteiger partial charge in [-0.05, 0) is 32.9 Å². The van der Waals surface area contributed by atoms with Crippen LogP contribution >= 0.6 is 0 Å². The number of hydrogen-bond donors (Lipinski definition) is 1. The predicted molar refractivity (Wildman–Crippen MR) is 75.1 cm³/mol. The minimum absolute atomic E-state index is 0.465. The van der Waals surface area contributed by atoms with Crippen LogP contribution in [-0.4, -0.2) is 23.2 Å². The molecule has 1 atom stereocenters. The lowest BCUT2D eigenvalue weighted by molar-refractivity contribution is 0.365. The summed E-state index contributed by atoms with van der Waals surface area (Å²) in [5.74, 6) is 1.49. The van der Waals surface area contributed by atoms with Gasteiger partial charge >= 0.3 is 0 Å². The van der Waals surface area contributed by atoms with Crippen LogP contribution in [0.15, 0.2) is 28.8 Å². The van der Waals surface area contributed by atoms with Crippen molar-refractivity contribution in [2.75, 3.05) is 7.05 Å². The van der Waals surface area contributed by atoms with Gasteiger partial charge in [0.05, 0.1) is 0 Å². The molecule has 0 radical (unpaired) electrons. The quantitative estimate of drug-likeness (QED) is 0.866.